The summed E-state index contributed by atoms with van der Waals surface area (Å²) in [5, 5.41) is 11.5. The third kappa shape index (κ3) is 2.16. The minimum atomic E-state index is 0.592. The smallest absolute Gasteiger partial charge is 0.248 e. The van der Waals surface area contributed by atoms with Gasteiger partial charge in [-0.05, 0) is 43.5 Å². The second-order valence-electron chi connectivity index (χ2n) is 4.74. The Morgan fingerprint density at radius 2 is 1.94 bits per heavy atom. The number of hydrogen-bond acceptors (Lipinski definition) is 4. The first-order valence-electron chi connectivity index (χ1n) is 6.45. The molecule has 0 spiro atoms. The Kier molecular flexibility index (Phi) is 3.11. The molecule has 0 atom stereocenters. The third-order valence-corrected chi connectivity index (χ3v) is 3.50. The first-order valence-corrected chi connectivity index (χ1v) is 6.45. The highest BCUT2D eigenvalue weighted by molar-refractivity contribution is 5.59. The highest BCUT2D eigenvalue weighted by Crippen LogP contribution is 2.33. The lowest BCUT2D eigenvalue weighted by atomic mass is 9.87. The van der Waals surface area contributed by atoms with E-state index in [-0.39, 0.29) is 0 Å². The van der Waals surface area contributed by atoms with Crippen LogP contribution in [0.4, 0.5) is 0 Å². The lowest BCUT2D eigenvalue weighted by Gasteiger charge is -2.24. The molecule has 2 heterocycles. The van der Waals surface area contributed by atoms with Crippen LogP contribution in [-0.4, -0.2) is 23.3 Å². The molecule has 1 aromatic heterocycles. The Balaban J connectivity index is 1.99. The highest BCUT2D eigenvalue weighted by Gasteiger charge is 2.20. The largest absolute Gasteiger partial charge is 0.421 e. The molecule has 1 aromatic carbocycles. The van der Waals surface area contributed by atoms with Crippen LogP contribution in [0.2, 0.25) is 0 Å². The average Bonchev–Trinajstić information content (AvgIpc) is 2.86. The summed E-state index contributed by atoms with van der Waals surface area (Å²) in [4.78, 5) is 0. The van der Waals surface area contributed by atoms with Crippen molar-refractivity contribution in [2.45, 2.75) is 25.7 Å². The number of piperidine rings is 1. The highest BCUT2D eigenvalue weighted by atomic mass is 16.4. The lowest BCUT2D eigenvalue weighted by Crippen LogP contribution is -2.26. The summed E-state index contributed by atoms with van der Waals surface area (Å²) in [7, 11) is 0. The van der Waals surface area contributed by atoms with Gasteiger partial charge in [-0.3, -0.25) is 0 Å². The van der Waals surface area contributed by atoms with E-state index in [4.69, 9.17) is 4.42 Å². The van der Waals surface area contributed by atoms with Gasteiger partial charge in [-0.1, -0.05) is 18.2 Å². The van der Waals surface area contributed by atoms with E-state index in [1.165, 1.54) is 18.4 Å². The molecule has 0 amide bonds. The van der Waals surface area contributed by atoms with E-state index in [1.54, 1.807) is 0 Å². The predicted octanol–water partition coefficient (Wildman–Crippen LogP) is 2.51. The maximum absolute atomic E-state index is 5.56. The molecule has 0 bridgehead atoms. The Labute approximate surface area is 106 Å². The molecule has 1 N–H and O–H groups in total. The number of rotatable bonds is 2. The summed E-state index contributed by atoms with van der Waals surface area (Å²) in [5.74, 6) is 1.85. The van der Waals surface area contributed by atoms with Gasteiger partial charge in [-0.15, -0.1) is 10.2 Å². The summed E-state index contributed by atoms with van der Waals surface area (Å²) in [5.41, 5.74) is 2.42. The fourth-order valence-corrected chi connectivity index (χ4v) is 2.59. The van der Waals surface area contributed by atoms with Crippen molar-refractivity contribution < 1.29 is 4.42 Å². The number of benzene rings is 1. The third-order valence-electron chi connectivity index (χ3n) is 3.50. The molecule has 1 aliphatic rings. The van der Waals surface area contributed by atoms with E-state index >= 15 is 0 Å². The average molecular weight is 243 g/mol. The predicted molar refractivity (Wildman–Crippen MR) is 69.3 cm³/mol. The maximum atomic E-state index is 5.56. The fourth-order valence-electron chi connectivity index (χ4n) is 2.59. The quantitative estimate of drug-likeness (QED) is 0.880. The standard InChI is InChI=1S/C14H17N3O/c1-10-16-17-14(18-10)13-5-3-2-4-12(13)11-6-8-15-9-7-11/h2-5,11,15H,6-9H2,1H3. The second kappa shape index (κ2) is 4.90. The molecule has 0 radical (unpaired) electrons. The van der Waals surface area contributed by atoms with E-state index < -0.39 is 0 Å². The first kappa shape index (κ1) is 11.4. The summed E-state index contributed by atoms with van der Waals surface area (Å²) in [6, 6.07) is 8.37. The van der Waals surface area contributed by atoms with Gasteiger partial charge in [0, 0.05) is 12.5 Å². The molecule has 1 fully saturated rings. The van der Waals surface area contributed by atoms with Crippen LogP contribution in [0.15, 0.2) is 28.7 Å². The summed E-state index contributed by atoms with van der Waals surface area (Å²) in [6.45, 7) is 3.99. The van der Waals surface area contributed by atoms with Crippen molar-refractivity contribution in [3.8, 4) is 11.5 Å². The van der Waals surface area contributed by atoms with E-state index in [9.17, 15) is 0 Å². The molecule has 94 valence electrons. The van der Waals surface area contributed by atoms with Crippen LogP contribution < -0.4 is 5.32 Å². The Morgan fingerprint density at radius 1 is 1.17 bits per heavy atom. The zero-order valence-electron chi connectivity index (χ0n) is 10.5. The van der Waals surface area contributed by atoms with Crippen molar-refractivity contribution >= 4 is 0 Å². The van der Waals surface area contributed by atoms with Crippen LogP contribution in [0.5, 0.6) is 0 Å². The van der Waals surface area contributed by atoms with E-state index in [0.717, 1.165) is 18.7 Å². The molecular formula is C14H17N3O. The van der Waals surface area contributed by atoms with Gasteiger partial charge in [0.15, 0.2) is 0 Å². The number of hydrogen-bond donors (Lipinski definition) is 1. The first-order chi connectivity index (χ1) is 8.84. The van der Waals surface area contributed by atoms with Crippen molar-refractivity contribution in [1.29, 1.82) is 0 Å². The fraction of sp³-hybridized carbons (Fsp3) is 0.429. The number of aromatic nitrogens is 2. The minimum Gasteiger partial charge on any atom is -0.421 e. The van der Waals surface area contributed by atoms with Crippen LogP contribution in [0.25, 0.3) is 11.5 Å². The number of aryl methyl sites for hydroxylation is 1. The molecule has 0 unspecified atom stereocenters. The number of nitrogens with zero attached hydrogens (tertiary/aromatic N) is 2. The van der Waals surface area contributed by atoms with E-state index in [2.05, 4.69) is 33.7 Å². The molecule has 4 heteroatoms. The van der Waals surface area contributed by atoms with Crippen LogP contribution in [0.1, 0.15) is 30.2 Å². The normalized spacial score (nSPS) is 16.9. The Morgan fingerprint density at radius 3 is 2.67 bits per heavy atom. The molecule has 3 rings (SSSR count). The molecule has 2 aromatic rings. The van der Waals surface area contributed by atoms with Crippen molar-refractivity contribution in [3.63, 3.8) is 0 Å². The lowest BCUT2D eigenvalue weighted by molar-refractivity contribution is 0.459. The maximum Gasteiger partial charge on any atom is 0.248 e. The molecule has 0 aliphatic carbocycles. The van der Waals surface area contributed by atoms with Gasteiger partial charge >= 0.3 is 0 Å². The van der Waals surface area contributed by atoms with Crippen molar-refractivity contribution in [3.05, 3.63) is 35.7 Å². The zero-order valence-corrected chi connectivity index (χ0v) is 10.5. The summed E-state index contributed by atoms with van der Waals surface area (Å²) >= 11 is 0. The second-order valence-corrected chi connectivity index (χ2v) is 4.74. The van der Waals surface area contributed by atoms with Crippen LogP contribution in [0, 0.1) is 6.92 Å². The van der Waals surface area contributed by atoms with Crippen molar-refractivity contribution in [2.75, 3.05) is 13.1 Å². The van der Waals surface area contributed by atoms with Gasteiger partial charge in [-0.25, -0.2) is 0 Å². The molecule has 1 aliphatic heterocycles. The molecule has 4 nitrogen and oxygen atoms in total. The summed E-state index contributed by atoms with van der Waals surface area (Å²) in [6.07, 6.45) is 2.34. The molecular weight excluding hydrogens is 226 g/mol. The van der Waals surface area contributed by atoms with Gasteiger partial charge in [0.2, 0.25) is 11.8 Å². The van der Waals surface area contributed by atoms with Crippen LogP contribution in [-0.2, 0) is 0 Å². The molecule has 0 saturated carbocycles. The van der Waals surface area contributed by atoms with Gasteiger partial charge in [0.25, 0.3) is 0 Å². The van der Waals surface area contributed by atoms with Crippen molar-refractivity contribution in [1.82, 2.24) is 15.5 Å². The van der Waals surface area contributed by atoms with E-state index in [1.807, 2.05) is 13.0 Å². The molecule has 1 saturated heterocycles. The molecule has 18 heavy (non-hydrogen) atoms. The van der Waals surface area contributed by atoms with Gasteiger partial charge in [0.05, 0.1) is 0 Å². The van der Waals surface area contributed by atoms with Gasteiger partial charge < -0.3 is 9.73 Å². The zero-order chi connectivity index (χ0) is 12.4. The van der Waals surface area contributed by atoms with Crippen molar-refractivity contribution in [2.24, 2.45) is 0 Å². The SMILES string of the molecule is Cc1nnc(-c2ccccc2C2CCNCC2)o1. The topological polar surface area (TPSA) is 51.0 Å². The monoisotopic (exact) mass is 243 g/mol. The van der Waals surface area contributed by atoms with E-state index in [0.29, 0.717) is 17.7 Å². The number of nitrogens with one attached hydrogen (secondary N) is 1. The van der Waals surface area contributed by atoms with Gasteiger partial charge in [-0.2, -0.15) is 0 Å². The minimum absolute atomic E-state index is 0.592. The van der Waals surface area contributed by atoms with Crippen LogP contribution in [0.3, 0.4) is 0 Å². The van der Waals surface area contributed by atoms with Gasteiger partial charge in [0.1, 0.15) is 0 Å². The Hall–Kier alpha value is -1.68. The van der Waals surface area contributed by atoms with Crippen LogP contribution >= 0.6 is 0 Å². The Bertz CT molecular complexity index is 529. The summed E-state index contributed by atoms with van der Waals surface area (Å²) < 4.78 is 5.56.